The number of aryl methyl sites for hydroxylation is 1. The zero-order valence-corrected chi connectivity index (χ0v) is 13.2. The molecule has 4 heteroatoms. The SMILES string of the molecule is COc1ccc(C(C)NCc2ccc(Cl)cc2C)cc1F. The molecule has 2 nitrogen and oxygen atoms in total. The maximum atomic E-state index is 13.7. The van der Waals surface area contributed by atoms with Crippen LogP contribution in [0, 0.1) is 12.7 Å². The fourth-order valence-electron chi connectivity index (χ4n) is 2.19. The Bertz CT molecular complexity index is 630. The van der Waals surface area contributed by atoms with E-state index in [9.17, 15) is 4.39 Å². The van der Waals surface area contributed by atoms with Crippen molar-refractivity contribution < 1.29 is 9.13 Å². The van der Waals surface area contributed by atoms with E-state index in [0.717, 1.165) is 16.1 Å². The van der Waals surface area contributed by atoms with Crippen molar-refractivity contribution in [2.45, 2.75) is 26.4 Å². The zero-order valence-electron chi connectivity index (χ0n) is 12.4. The van der Waals surface area contributed by atoms with E-state index in [-0.39, 0.29) is 17.6 Å². The van der Waals surface area contributed by atoms with E-state index in [2.05, 4.69) is 5.32 Å². The number of nitrogens with one attached hydrogen (secondary N) is 1. The molecule has 0 radical (unpaired) electrons. The predicted molar refractivity (Wildman–Crippen MR) is 84.4 cm³/mol. The van der Waals surface area contributed by atoms with E-state index in [1.54, 1.807) is 6.07 Å². The number of hydrogen-bond acceptors (Lipinski definition) is 2. The molecule has 0 fully saturated rings. The number of rotatable bonds is 5. The Morgan fingerprint density at radius 1 is 1.24 bits per heavy atom. The summed E-state index contributed by atoms with van der Waals surface area (Å²) in [7, 11) is 1.46. The highest BCUT2D eigenvalue weighted by molar-refractivity contribution is 6.30. The van der Waals surface area contributed by atoms with Crippen LogP contribution in [0.4, 0.5) is 4.39 Å². The fourth-order valence-corrected chi connectivity index (χ4v) is 2.42. The molecule has 2 aromatic carbocycles. The smallest absolute Gasteiger partial charge is 0.165 e. The van der Waals surface area contributed by atoms with Crippen LogP contribution >= 0.6 is 11.6 Å². The van der Waals surface area contributed by atoms with Crippen molar-refractivity contribution in [2.75, 3.05) is 7.11 Å². The van der Waals surface area contributed by atoms with Crippen LogP contribution in [0.2, 0.25) is 5.02 Å². The van der Waals surface area contributed by atoms with Crippen molar-refractivity contribution in [2.24, 2.45) is 0 Å². The van der Waals surface area contributed by atoms with Crippen LogP contribution in [0.5, 0.6) is 5.75 Å². The number of hydrogen-bond donors (Lipinski definition) is 1. The molecule has 0 heterocycles. The molecule has 1 N–H and O–H groups in total. The Balaban J connectivity index is 2.04. The summed E-state index contributed by atoms with van der Waals surface area (Å²) in [5.41, 5.74) is 3.21. The quantitative estimate of drug-likeness (QED) is 0.868. The monoisotopic (exact) mass is 307 g/mol. The van der Waals surface area contributed by atoms with Gasteiger partial charge >= 0.3 is 0 Å². The molecule has 0 spiro atoms. The van der Waals surface area contributed by atoms with Gasteiger partial charge in [-0.1, -0.05) is 23.7 Å². The van der Waals surface area contributed by atoms with Crippen LogP contribution in [0.3, 0.4) is 0 Å². The third-order valence-electron chi connectivity index (χ3n) is 3.58. The molecule has 1 unspecified atom stereocenters. The van der Waals surface area contributed by atoms with Crippen LogP contribution in [0.25, 0.3) is 0 Å². The standard InChI is InChI=1S/C17H19ClFNO/c1-11-8-15(18)6-4-14(11)10-20-12(2)13-5-7-17(21-3)16(19)9-13/h4-9,12,20H,10H2,1-3H3. The minimum atomic E-state index is -0.341. The molecule has 0 amide bonds. The first kappa shape index (κ1) is 15.8. The highest BCUT2D eigenvalue weighted by Gasteiger charge is 2.10. The van der Waals surface area contributed by atoms with E-state index in [1.807, 2.05) is 38.1 Å². The Kier molecular flexibility index (Phi) is 5.21. The van der Waals surface area contributed by atoms with Crippen molar-refractivity contribution in [1.29, 1.82) is 0 Å². The second-order valence-corrected chi connectivity index (χ2v) is 5.50. The lowest BCUT2D eigenvalue weighted by atomic mass is 10.1. The van der Waals surface area contributed by atoms with Crippen molar-refractivity contribution in [3.63, 3.8) is 0 Å². The lowest BCUT2D eigenvalue weighted by Gasteiger charge is -2.16. The summed E-state index contributed by atoms with van der Waals surface area (Å²) in [5.74, 6) is -0.0779. The number of benzene rings is 2. The first-order valence-electron chi connectivity index (χ1n) is 6.83. The lowest BCUT2D eigenvalue weighted by Crippen LogP contribution is -2.18. The highest BCUT2D eigenvalue weighted by Crippen LogP contribution is 2.22. The summed E-state index contributed by atoms with van der Waals surface area (Å²) in [6.07, 6.45) is 0. The van der Waals surface area contributed by atoms with Crippen molar-refractivity contribution >= 4 is 11.6 Å². The molecule has 0 saturated heterocycles. The van der Waals surface area contributed by atoms with Crippen molar-refractivity contribution in [3.05, 3.63) is 63.9 Å². The van der Waals surface area contributed by atoms with Gasteiger partial charge in [0.2, 0.25) is 0 Å². The molecule has 0 aliphatic rings. The van der Waals surface area contributed by atoms with Gasteiger partial charge < -0.3 is 10.1 Å². The van der Waals surface area contributed by atoms with Gasteiger partial charge in [-0.15, -0.1) is 0 Å². The van der Waals surface area contributed by atoms with E-state index in [0.29, 0.717) is 6.54 Å². The largest absolute Gasteiger partial charge is 0.494 e. The van der Waals surface area contributed by atoms with Gasteiger partial charge in [0.05, 0.1) is 7.11 Å². The maximum absolute atomic E-state index is 13.7. The highest BCUT2D eigenvalue weighted by atomic mass is 35.5. The van der Waals surface area contributed by atoms with Crippen LogP contribution < -0.4 is 10.1 Å². The van der Waals surface area contributed by atoms with Crippen LogP contribution in [0.15, 0.2) is 36.4 Å². The molecule has 0 aromatic heterocycles. The Morgan fingerprint density at radius 3 is 2.62 bits per heavy atom. The van der Waals surface area contributed by atoms with Gasteiger partial charge in [-0.3, -0.25) is 0 Å². The van der Waals surface area contributed by atoms with Gasteiger partial charge in [0.25, 0.3) is 0 Å². The summed E-state index contributed by atoms with van der Waals surface area (Å²) in [4.78, 5) is 0. The third-order valence-corrected chi connectivity index (χ3v) is 3.81. The second kappa shape index (κ2) is 6.92. The molecular formula is C17H19ClFNO. The van der Waals surface area contributed by atoms with Gasteiger partial charge in [0.15, 0.2) is 11.6 Å². The molecule has 1 atom stereocenters. The van der Waals surface area contributed by atoms with Gasteiger partial charge in [0, 0.05) is 17.6 Å². The maximum Gasteiger partial charge on any atom is 0.165 e. The Hall–Kier alpha value is -1.58. The summed E-state index contributed by atoms with van der Waals surface area (Å²) in [6.45, 7) is 4.74. The molecule has 0 bridgehead atoms. The van der Waals surface area contributed by atoms with Gasteiger partial charge in [-0.05, 0) is 54.8 Å². The van der Waals surface area contributed by atoms with E-state index < -0.39 is 0 Å². The number of halogens is 2. The van der Waals surface area contributed by atoms with Crippen molar-refractivity contribution in [3.8, 4) is 5.75 Å². The topological polar surface area (TPSA) is 21.3 Å². The molecule has 112 valence electrons. The Morgan fingerprint density at radius 2 is 2.00 bits per heavy atom. The normalized spacial score (nSPS) is 12.2. The van der Waals surface area contributed by atoms with Crippen LogP contribution in [-0.2, 0) is 6.54 Å². The molecule has 0 aliphatic carbocycles. The average Bonchev–Trinajstić information content (AvgIpc) is 2.46. The molecular weight excluding hydrogens is 289 g/mol. The summed E-state index contributed by atoms with van der Waals surface area (Å²) >= 11 is 5.95. The molecule has 2 rings (SSSR count). The van der Waals surface area contributed by atoms with E-state index in [1.165, 1.54) is 18.7 Å². The lowest BCUT2D eigenvalue weighted by molar-refractivity contribution is 0.385. The van der Waals surface area contributed by atoms with E-state index >= 15 is 0 Å². The molecule has 0 saturated carbocycles. The van der Waals surface area contributed by atoms with Gasteiger partial charge in [0.1, 0.15) is 0 Å². The Labute approximate surface area is 129 Å². The van der Waals surface area contributed by atoms with Gasteiger partial charge in [-0.2, -0.15) is 0 Å². The summed E-state index contributed by atoms with van der Waals surface area (Å²) in [6, 6.07) is 10.9. The minimum Gasteiger partial charge on any atom is -0.494 e. The van der Waals surface area contributed by atoms with Gasteiger partial charge in [-0.25, -0.2) is 4.39 Å². The first-order chi connectivity index (χ1) is 10.0. The second-order valence-electron chi connectivity index (χ2n) is 5.07. The number of ether oxygens (including phenoxy) is 1. The predicted octanol–water partition coefficient (Wildman–Crippen LogP) is 4.65. The van der Waals surface area contributed by atoms with Crippen molar-refractivity contribution in [1.82, 2.24) is 5.32 Å². The summed E-state index contributed by atoms with van der Waals surface area (Å²) in [5, 5.41) is 4.13. The van der Waals surface area contributed by atoms with Crippen LogP contribution in [0.1, 0.15) is 29.7 Å². The first-order valence-corrected chi connectivity index (χ1v) is 7.21. The summed E-state index contributed by atoms with van der Waals surface area (Å²) < 4.78 is 18.6. The molecule has 0 aliphatic heterocycles. The average molecular weight is 308 g/mol. The van der Waals surface area contributed by atoms with Crippen LogP contribution in [-0.4, -0.2) is 7.11 Å². The third kappa shape index (κ3) is 3.96. The minimum absolute atomic E-state index is 0.0421. The fraction of sp³-hybridized carbons (Fsp3) is 0.294. The molecule has 21 heavy (non-hydrogen) atoms. The molecule has 2 aromatic rings. The van der Waals surface area contributed by atoms with E-state index in [4.69, 9.17) is 16.3 Å². The number of methoxy groups -OCH3 is 1. The zero-order chi connectivity index (χ0) is 15.4.